The molecule has 12 nitrogen and oxygen atoms in total. The van der Waals surface area contributed by atoms with Crippen LogP contribution in [0, 0.1) is 10.1 Å². The molecular formula is C26H23N3O9S. The maximum atomic E-state index is 13.1. The Kier molecular flexibility index (Phi) is 8.30. The number of amides is 2. The van der Waals surface area contributed by atoms with E-state index in [1.165, 1.54) is 42.4 Å². The summed E-state index contributed by atoms with van der Waals surface area (Å²) >= 11 is 1.14. The smallest absolute Gasteiger partial charge is 0.355 e. The quantitative estimate of drug-likeness (QED) is 0.161. The fourth-order valence-corrected chi connectivity index (χ4v) is 5.06. The molecule has 2 atom stereocenters. The number of carbonyl (C=O) groups excluding carboxylic acids is 4. The Morgan fingerprint density at radius 1 is 1.13 bits per heavy atom. The number of fused-ring (bicyclic) bond motifs is 1. The van der Waals surface area contributed by atoms with Crippen LogP contribution in [0.1, 0.15) is 19.4 Å². The Morgan fingerprint density at radius 2 is 1.82 bits per heavy atom. The molecule has 2 aliphatic rings. The van der Waals surface area contributed by atoms with E-state index in [9.17, 15) is 29.3 Å². The number of benzene rings is 2. The zero-order valence-electron chi connectivity index (χ0n) is 20.8. The molecule has 13 heteroatoms. The second-order valence-electron chi connectivity index (χ2n) is 8.43. The number of non-ortho nitro benzene ring substituents is 1. The number of nitro groups is 1. The van der Waals surface area contributed by atoms with Gasteiger partial charge in [0.2, 0.25) is 0 Å². The molecule has 0 spiro atoms. The lowest BCUT2D eigenvalue weighted by Gasteiger charge is -2.49. The number of nitro benzene ring substituents is 1. The van der Waals surface area contributed by atoms with Crippen LogP contribution in [0.4, 0.5) is 5.69 Å². The van der Waals surface area contributed by atoms with E-state index < -0.39 is 40.1 Å². The van der Waals surface area contributed by atoms with E-state index in [2.05, 4.69) is 5.32 Å². The van der Waals surface area contributed by atoms with Crippen LogP contribution < -0.4 is 10.1 Å². The summed E-state index contributed by atoms with van der Waals surface area (Å²) in [5.41, 5.74) is 0.680. The first-order valence-electron chi connectivity index (χ1n) is 11.6. The second-order valence-corrected chi connectivity index (χ2v) is 9.59. The monoisotopic (exact) mass is 553 g/mol. The molecule has 0 bridgehead atoms. The number of hydrogen-bond donors (Lipinski definition) is 1. The highest BCUT2D eigenvalue weighted by Gasteiger charge is 2.55. The van der Waals surface area contributed by atoms with Crippen molar-refractivity contribution in [2.45, 2.75) is 31.9 Å². The third kappa shape index (κ3) is 6.26. The van der Waals surface area contributed by atoms with E-state index in [0.29, 0.717) is 21.8 Å². The summed E-state index contributed by atoms with van der Waals surface area (Å²) in [7, 11) is 0. The summed E-state index contributed by atoms with van der Waals surface area (Å²) in [5, 5.41) is 12.8. The number of nitrogens with zero attached hydrogens (tertiary/aromatic N) is 2. The van der Waals surface area contributed by atoms with Crippen molar-refractivity contribution in [2.75, 3.05) is 6.61 Å². The van der Waals surface area contributed by atoms with Gasteiger partial charge in [0, 0.05) is 24.0 Å². The number of esters is 2. The van der Waals surface area contributed by atoms with Crippen LogP contribution in [0.5, 0.6) is 5.75 Å². The summed E-state index contributed by atoms with van der Waals surface area (Å²) in [4.78, 5) is 62.0. The Labute approximate surface area is 226 Å². The van der Waals surface area contributed by atoms with Gasteiger partial charge in [0.1, 0.15) is 35.7 Å². The van der Waals surface area contributed by atoms with E-state index in [0.717, 1.165) is 11.8 Å². The zero-order valence-corrected chi connectivity index (χ0v) is 21.6. The maximum absolute atomic E-state index is 13.1. The predicted molar refractivity (Wildman–Crippen MR) is 138 cm³/mol. The molecular weight excluding hydrogens is 530 g/mol. The Balaban J connectivity index is 1.48. The molecule has 39 heavy (non-hydrogen) atoms. The highest BCUT2D eigenvalue weighted by atomic mass is 32.2. The molecule has 202 valence electrons. The lowest BCUT2D eigenvalue weighted by atomic mass is 10.0. The van der Waals surface area contributed by atoms with Crippen molar-refractivity contribution in [2.24, 2.45) is 0 Å². The van der Waals surface area contributed by atoms with E-state index in [-0.39, 0.29) is 24.6 Å². The number of rotatable bonds is 9. The van der Waals surface area contributed by atoms with Gasteiger partial charge in [0.05, 0.1) is 4.92 Å². The lowest BCUT2D eigenvalue weighted by Crippen LogP contribution is -2.70. The molecule has 1 unspecified atom stereocenters. The van der Waals surface area contributed by atoms with Gasteiger partial charge in [-0.3, -0.25) is 29.4 Å². The number of allylic oxidation sites excluding steroid dienone is 1. The molecule has 0 saturated carbocycles. The summed E-state index contributed by atoms with van der Waals surface area (Å²) < 4.78 is 15.8. The molecule has 2 aromatic carbocycles. The van der Waals surface area contributed by atoms with Crippen molar-refractivity contribution in [3.63, 3.8) is 0 Å². The molecule has 0 radical (unpaired) electrons. The number of β-lactam (4-membered cyclic amide) rings is 1. The first kappa shape index (κ1) is 27.4. The number of ether oxygens (including phenoxy) is 3. The maximum Gasteiger partial charge on any atom is 0.355 e. The first-order valence-corrected chi connectivity index (χ1v) is 12.5. The van der Waals surface area contributed by atoms with Gasteiger partial charge in [-0.05, 0) is 42.3 Å². The average Bonchev–Trinajstić information content (AvgIpc) is 2.93. The Bertz CT molecular complexity index is 1370. The van der Waals surface area contributed by atoms with Crippen molar-refractivity contribution in [3.05, 3.63) is 92.7 Å². The molecule has 2 aromatic rings. The van der Waals surface area contributed by atoms with Gasteiger partial charge in [-0.2, -0.15) is 0 Å². The van der Waals surface area contributed by atoms with Crippen LogP contribution in [0.25, 0.3) is 0 Å². The van der Waals surface area contributed by atoms with Gasteiger partial charge in [-0.25, -0.2) is 4.79 Å². The van der Waals surface area contributed by atoms with E-state index in [4.69, 9.17) is 14.2 Å². The molecule has 0 aromatic heterocycles. The third-order valence-corrected chi connectivity index (χ3v) is 7.11. The van der Waals surface area contributed by atoms with Crippen LogP contribution in [0.2, 0.25) is 0 Å². The van der Waals surface area contributed by atoms with Gasteiger partial charge >= 0.3 is 11.9 Å². The predicted octanol–water partition coefficient (Wildman–Crippen LogP) is 2.80. The molecule has 4 rings (SSSR count). The first-order chi connectivity index (χ1) is 18.7. The van der Waals surface area contributed by atoms with Crippen LogP contribution in [0.3, 0.4) is 0 Å². The van der Waals surface area contributed by atoms with Crippen molar-refractivity contribution < 1.29 is 38.3 Å². The Morgan fingerprint density at radius 3 is 2.46 bits per heavy atom. The normalized spacial score (nSPS) is 19.1. The highest BCUT2D eigenvalue weighted by Crippen LogP contribution is 2.46. The van der Waals surface area contributed by atoms with Crippen molar-refractivity contribution >= 4 is 41.2 Å². The van der Waals surface area contributed by atoms with Gasteiger partial charge in [0.15, 0.2) is 6.61 Å². The minimum Gasteiger partial charge on any atom is -0.484 e. The molecule has 1 fully saturated rings. The van der Waals surface area contributed by atoms with Crippen LogP contribution in [-0.4, -0.2) is 51.6 Å². The number of carbonyl (C=O) groups is 4. The molecule has 0 aliphatic carbocycles. The topological polar surface area (TPSA) is 154 Å². The van der Waals surface area contributed by atoms with Crippen LogP contribution in [-0.2, 0) is 35.3 Å². The molecule has 2 aliphatic heterocycles. The Hall–Kier alpha value is -4.65. The summed E-state index contributed by atoms with van der Waals surface area (Å²) in [5.74, 6) is -1.96. The molecule has 2 heterocycles. The van der Waals surface area contributed by atoms with E-state index in [1.807, 2.05) is 0 Å². The summed E-state index contributed by atoms with van der Waals surface area (Å²) in [6.07, 6.45) is 1.18. The lowest BCUT2D eigenvalue weighted by molar-refractivity contribution is -0.384. The van der Waals surface area contributed by atoms with Gasteiger partial charge in [-0.1, -0.05) is 30.0 Å². The summed E-state index contributed by atoms with van der Waals surface area (Å²) in [6, 6.07) is 13.2. The van der Waals surface area contributed by atoms with E-state index >= 15 is 0 Å². The number of thioether (sulfide) groups is 1. The molecule has 1 N–H and O–H groups in total. The van der Waals surface area contributed by atoms with Gasteiger partial charge in [-0.15, -0.1) is 0 Å². The van der Waals surface area contributed by atoms with Crippen LogP contribution in [0.15, 0.2) is 77.0 Å². The van der Waals surface area contributed by atoms with E-state index in [1.54, 1.807) is 37.3 Å². The number of para-hydroxylation sites is 1. The minimum absolute atomic E-state index is 0.0601. The molecule has 2 amide bonds. The van der Waals surface area contributed by atoms with Crippen molar-refractivity contribution in [1.29, 1.82) is 0 Å². The second kappa shape index (κ2) is 11.8. The zero-order chi connectivity index (χ0) is 28.1. The van der Waals surface area contributed by atoms with Gasteiger partial charge in [0.25, 0.3) is 17.5 Å². The van der Waals surface area contributed by atoms with Crippen LogP contribution >= 0.6 is 11.8 Å². The largest absolute Gasteiger partial charge is 0.484 e. The summed E-state index contributed by atoms with van der Waals surface area (Å²) in [6.45, 7) is 2.28. The number of nitrogens with one attached hydrogen (secondary N) is 1. The number of hydrogen-bond acceptors (Lipinski definition) is 10. The van der Waals surface area contributed by atoms with Crippen molar-refractivity contribution in [1.82, 2.24) is 10.2 Å². The fraction of sp³-hybridized carbons (Fsp3) is 0.231. The third-order valence-electron chi connectivity index (χ3n) is 5.73. The standard InChI is InChI=1S/C26H23N3O9S/c1-15-20(13-36-16(2)30)39-25-22(27-21(31)14-37-19-6-4-3-5-7-19)24(32)28(25)23(15)26(33)38-12-17-8-10-18(11-9-17)29(34)35/h3-11,13,22,25H,12,14H2,1-2H3,(H,27,31)/b20-13+/t22?,25-/m1/s1. The average molecular weight is 554 g/mol. The van der Waals surface area contributed by atoms with Crippen molar-refractivity contribution in [3.8, 4) is 5.75 Å². The highest BCUT2D eigenvalue weighted by molar-refractivity contribution is 8.04. The fourth-order valence-electron chi connectivity index (χ4n) is 3.79. The van der Waals surface area contributed by atoms with Gasteiger partial charge < -0.3 is 19.5 Å². The SMILES string of the molecule is CC(=O)O/C=C1/S[C@@H]2C(NC(=O)COc3ccccc3)C(=O)N2C(C(=O)OCc2ccc([N+](=O)[O-])cc2)=C1C. The molecule has 1 saturated heterocycles. The minimum atomic E-state index is -0.965.